The number of rotatable bonds is 0. The zero-order valence-corrected chi connectivity index (χ0v) is 11.2. The lowest BCUT2D eigenvalue weighted by Crippen LogP contribution is -2.44. The van der Waals surface area contributed by atoms with Gasteiger partial charge in [0.25, 0.3) is 0 Å². The Morgan fingerprint density at radius 2 is 2.06 bits per heavy atom. The van der Waals surface area contributed by atoms with Gasteiger partial charge in [0.15, 0.2) is 0 Å². The van der Waals surface area contributed by atoms with Gasteiger partial charge in [-0.15, -0.1) is 0 Å². The van der Waals surface area contributed by atoms with Gasteiger partial charge in [0.05, 0.1) is 0 Å². The molecule has 2 aliphatic rings. The molecule has 0 unspecified atom stereocenters. The van der Waals surface area contributed by atoms with Crippen molar-refractivity contribution in [2.45, 2.75) is 59.3 Å². The highest BCUT2D eigenvalue weighted by atomic mass is 14.5. The van der Waals surface area contributed by atoms with Crippen molar-refractivity contribution >= 4 is 0 Å². The summed E-state index contributed by atoms with van der Waals surface area (Å²) in [4.78, 5) is 0. The van der Waals surface area contributed by atoms with Gasteiger partial charge in [-0.25, -0.2) is 0 Å². The topological polar surface area (TPSA) is 0 Å². The quantitative estimate of drug-likeness (QED) is 0.495. The van der Waals surface area contributed by atoms with Crippen LogP contribution in [0.5, 0.6) is 0 Å². The first-order chi connectivity index (χ1) is 7.50. The third-order valence-electron chi connectivity index (χ3n) is 4.80. The van der Waals surface area contributed by atoms with E-state index in [2.05, 4.69) is 33.4 Å². The van der Waals surface area contributed by atoms with Gasteiger partial charge in [-0.2, -0.15) is 0 Å². The SMILES string of the molecule is C=C1CCCC=C(C)CC[C@@H]2[C@@H]1CC2(C)C. The molecule has 0 aliphatic heterocycles. The largest absolute Gasteiger partial charge is 0.0996 e. The lowest BCUT2D eigenvalue weighted by atomic mass is 9.52. The van der Waals surface area contributed by atoms with Crippen molar-refractivity contribution in [3.05, 3.63) is 23.8 Å². The molecule has 0 aromatic carbocycles. The third kappa shape index (κ3) is 2.26. The van der Waals surface area contributed by atoms with E-state index in [0.29, 0.717) is 5.41 Å². The van der Waals surface area contributed by atoms with Crippen molar-refractivity contribution in [1.29, 1.82) is 0 Å². The van der Waals surface area contributed by atoms with E-state index in [9.17, 15) is 0 Å². The maximum Gasteiger partial charge on any atom is -0.0167 e. The monoisotopic (exact) mass is 218 g/mol. The van der Waals surface area contributed by atoms with Gasteiger partial charge in [-0.3, -0.25) is 0 Å². The fraction of sp³-hybridized carbons (Fsp3) is 0.750. The average molecular weight is 218 g/mol. The summed E-state index contributed by atoms with van der Waals surface area (Å²) < 4.78 is 0. The molecule has 2 aliphatic carbocycles. The van der Waals surface area contributed by atoms with Crippen LogP contribution in [0, 0.1) is 17.3 Å². The summed E-state index contributed by atoms with van der Waals surface area (Å²) in [5.41, 5.74) is 3.71. The van der Waals surface area contributed by atoms with E-state index in [-0.39, 0.29) is 0 Å². The molecule has 1 saturated carbocycles. The van der Waals surface area contributed by atoms with Gasteiger partial charge in [-0.05, 0) is 62.7 Å². The van der Waals surface area contributed by atoms with Crippen molar-refractivity contribution in [2.75, 3.05) is 0 Å². The summed E-state index contributed by atoms with van der Waals surface area (Å²) in [6.07, 6.45) is 10.3. The minimum Gasteiger partial charge on any atom is -0.0996 e. The fourth-order valence-electron chi connectivity index (χ4n) is 3.61. The number of hydrogen-bond acceptors (Lipinski definition) is 0. The Bertz CT molecular complexity index is 306. The molecule has 2 atom stereocenters. The van der Waals surface area contributed by atoms with Gasteiger partial charge in [0, 0.05) is 0 Å². The van der Waals surface area contributed by atoms with E-state index in [1.807, 2.05) is 0 Å². The van der Waals surface area contributed by atoms with Gasteiger partial charge in [0.1, 0.15) is 0 Å². The van der Waals surface area contributed by atoms with E-state index in [4.69, 9.17) is 0 Å². The summed E-state index contributed by atoms with van der Waals surface area (Å²) in [7, 11) is 0. The smallest absolute Gasteiger partial charge is 0.0167 e. The predicted octanol–water partition coefficient (Wildman–Crippen LogP) is 5.12. The summed E-state index contributed by atoms with van der Waals surface area (Å²) >= 11 is 0. The standard InChI is InChI=1S/C16H26/c1-12-7-5-6-8-13(2)14-11-16(3,4)15(14)10-9-12/h7,14-15H,2,5-6,8-11H2,1,3-4H3/t14-,15-/m1/s1. The van der Waals surface area contributed by atoms with Crippen molar-refractivity contribution in [2.24, 2.45) is 17.3 Å². The Morgan fingerprint density at radius 1 is 1.31 bits per heavy atom. The van der Waals surface area contributed by atoms with Crippen LogP contribution in [0.4, 0.5) is 0 Å². The second-order valence-corrected chi connectivity index (χ2v) is 6.55. The summed E-state index contributed by atoms with van der Waals surface area (Å²) in [6.45, 7) is 11.5. The van der Waals surface area contributed by atoms with Gasteiger partial charge >= 0.3 is 0 Å². The minimum atomic E-state index is 0.563. The molecule has 16 heavy (non-hydrogen) atoms. The molecule has 0 bridgehead atoms. The molecule has 0 amide bonds. The lowest BCUT2D eigenvalue weighted by Gasteiger charge is -2.53. The first-order valence-electron chi connectivity index (χ1n) is 6.84. The van der Waals surface area contributed by atoms with Gasteiger partial charge in [-0.1, -0.05) is 37.6 Å². The first kappa shape index (κ1) is 12.0. The molecule has 0 spiro atoms. The zero-order chi connectivity index (χ0) is 11.8. The summed E-state index contributed by atoms with van der Waals surface area (Å²) in [5.74, 6) is 1.72. The Labute approximate surface area is 101 Å². The summed E-state index contributed by atoms with van der Waals surface area (Å²) in [6, 6.07) is 0. The molecule has 0 radical (unpaired) electrons. The van der Waals surface area contributed by atoms with Crippen LogP contribution in [0.3, 0.4) is 0 Å². The highest BCUT2D eigenvalue weighted by Gasteiger charge is 2.47. The molecule has 0 nitrogen and oxygen atoms in total. The fourth-order valence-corrected chi connectivity index (χ4v) is 3.61. The third-order valence-corrected chi connectivity index (χ3v) is 4.80. The Morgan fingerprint density at radius 3 is 2.75 bits per heavy atom. The van der Waals surface area contributed by atoms with Gasteiger partial charge < -0.3 is 0 Å². The maximum absolute atomic E-state index is 4.33. The van der Waals surface area contributed by atoms with Crippen molar-refractivity contribution in [3.63, 3.8) is 0 Å². The molecular formula is C16H26. The van der Waals surface area contributed by atoms with Crippen LogP contribution in [-0.2, 0) is 0 Å². The van der Waals surface area contributed by atoms with Crippen LogP contribution < -0.4 is 0 Å². The van der Waals surface area contributed by atoms with E-state index >= 15 is 0 Å². The number of hydrogen-bond donors (Lipinski definition) is 0. The molecule has 0 heteroatoms. The van der Waals surface area contributed by atoms with E-state index < -0.39 is 0 Å². The molecular weight excluding hydrogens is 192 g/mol. The van der Waals surface area contributed by atoms with Crippen LogP contribution in [0.15, 0.2) is 23.8 Å². The molecule has 0 heterocycles. The second-order valence-electron chi connectivity index (χ2n) is 6.55. The molecule has 2 rings (SSSR count). The van der Waals surface area contributed by atoms with E-state index in [1.54, 1.807) is 5.57 Å². The highest BCUT2D eigenvalue weighted by molar-refractivity contribution is 5.14. The molecule has 0 aromatic rings. The van der Waals surface area contributed by atoms with Crippen molar-refractivity contribution in [1.82, 2.24) is 0 Å². The molecule has 0 N–H and O–H groups in total. The van der Waals surface area contributed by atoms with Crippen LogP contribution in [0.2, 0.25) is 0 Å². The maximum atomic E-state index is 4.33. The van der Waals surface area contributed by atoms with Gasteiger partial charge in [0.2, 0.25) is 0 Å². The first-order valence-corrected chi connectivity index (χ1v) is 6.84. The van der Waals surface area contributed by atoms with Crippen molar-refractivity contribution < 1.29 is 0 Å². The molecule has 90 valence electrons. The normalized spacial score (nSPS) is 34.7. The zero-order valence-electron chi connectivity index (χ0n) is 11.2. The Kier molecular flexibility index (Phi) is 3.28. The lowest BCUT2D eigenvalue weighted by molar-refractivity contribution is 0.00297. The van der Waals surface area contributed by atoms with Crippen LogP contribution >= 0.6 is 0 Å². The second kappa shape index (κ2) is 4.39. The average Bonchev–Trinajstić information content (AvgIpc) is 2.20. The highest BCUT2D eigenvalue weighted by Crippen LogP contribution is 2.56. The number of allylic oxidation sites excluding steroid dienone is 3. The predicted molar refractivity (Wildman–Crippen MR) is 71.4 cm³/mol. The van der Waals surface area contributed by atoms with Crippen LogP contribution in [0.25, 0.3) is 0 Å². The van der Waals surface area contributed by atoms with E-state index in [0.717, 1.165) is 11.8 Å². The number of fused-ring (bicyclic) bond motifs is 1. The minimum absolute atomic E-state index is 0.563. The van der Waals surface area contributed by atoms with E-state index in [1.165, 1.54) is 44.1 Å². The van der Waals surface area contributed by atoms with Crippen molar-refractivity contribution in [3.8, 4) is 0 Å². The molecule has 0 saturated heterocycles. The Hall–Kier alpha value is -0.520. The van der Waals surface area contributed by atoms with Crippen LogP contribution in [-0.4, -0.2) is 0 Å². The van der Waals surface area contributed by atoms with Crippen LogP contribution in [0.1, 0.15) is 59.3 Å². The summed E-state index contributed by atoms with van der Waals surface area (Å²) in [5, 5.41) is 0. The molecule has 0 aromatic heterocycles. The molecule has 1 fully saturated rings. The Balaban J connectivity index is 2.09.